The van der Waals surface area contributed by atoms with Crippen LogP contribution in [0.15, 0.2) is 18.3 Å². The molecular formula is C15H20N2O3. The minimum atomic E-state index is -0.203. The molecule has 2 rings (SSSR count). The maximum atomic E-state index is 12.4. The molecule has 108 valence electrons. The third kappa shape index (κ3) is 3.35. The Hall–Kier alpha value is -1.91. The number of aryl methyl sites for hydroxylation is 1. The average Bonchev–Trinajstić information content (AvgIpc) is 2.48. The molecule has 0 saturated carbocycles. The Morgan fingerprint density at radius 1 is 1.45 bits per heavy atom. The molecular weight excluding hydrogens is 256 g/mol. The van der Waals surface area contributed by atoms with Crippen LogP contribution < -0.4 is 0 Å². The van der Waals surface area contributed by atoms with Crippen LogP contribution in [0.3, 0.4) is 0 Å². The fourth-order valence-corrected chi connectivity index (χ4v) is 2.39. The molecule has 5 heteroatoms. The first-order valence-electron chi connectivity index (χ1n) is 7.00. The Bertz CT molecular complexity index is 484. The molecule has 20 heavy (non-hydrogen) atoms. The number of rotatable bonds is 3. The number of nitrogens with zero attached hydrogens (tertiary/aromatic N) is 2. The molecule has 0 aliphatic carbocycles. The van der Waals surface area contributed by atoms with Crippen molar-refractivity contribution < 1.29 is 14.3 Å². The highest BCUT2D eigenvalue weighted by atomic mass is 16.5. The number of carbonyl (C=O) groups excluding carboxylic acids is 2. The van der Waals surface area contributed by atoms with Crippen LogP contribution in [0.2, 0.25) is 0 Å². The molecule has 0 aromatic carbocycles. The van der Waals surface area contributed by atoms with E-state index in [0.29, 0.717) is 25.3 Å². The predicted molar refractivity (Wildman–Crippen MR) is 74.2 cm³/mol. The monoisotopic (exact) mass is 276 g/mol. The Morgan fingerprint density at radius 3 is 2.90 bits per heavy atom. The smallest absolute Gasteiger partial charge is 0.310 e. The summed E-state index contributed by atoms with van der Waals surface area (Å²) in [5, 5.41) is 0. The molecule has 1 aliphatic rings. The summed E-state index contributed by atoms with van der Waals surface area (Å²) in [5.41, 5.74) is 1.45. The standard InChI is InChI=1S/C15H20N2O3/c1-3-20-15(19)13-5-4-8-17(10-13)14(18)12-7-6-11(2)16-9-12/h6-7,9,13H,3-5,8,10H2,1-2H3/t13-/m0/s1. The van der Waals surface area contributed by atoms with E-state index < -0.39 is 0 Å². The highest BCUT2D eigenvalue weighted by Gasteiger charge is 2.29. The lowest BCUT2D eigenvalue weighted by Gasteiger charge is -2.31. The van der Waals surface area contributed by atoms with Crippen molar-refractivity contribution in [2.24, 2.45) is 5.92 Å². The van der Waals surface area contributed by atoms with Gasteiger partial charge >= 0.3 is 5.97 Å². The second kappa shape index (κ2) is 6.50. The SMILES string of the molecule is CCOC(=O)[C@H]1CCCN(C(=O)c2ccc(C)nc2)C1. The van der Waals surface area contributed by atoms with Crippen molar-refractivity contribution in [1.82, 2.24) is 9.88 Å². The van der Waals surface area contributed by atoms with Gasteiger partial charge in [-0.05, 0) is 38.8 Å². The molecule has 1 aromatic heterocycles. The van der Waals surface area contributed by atoms with Gasteiger partial charge < -0.3 is 9.64 Å². The van der Waals surface area contributed by atoms with Crippen molar-refractivity contribution in [3.63, 3.8) is 0 Å². The summed E-state index contributed by atoms with van der Waals surface area (Å²) in [6, 6.07) is 3.60. The van der Waals surface area contributed by atoms with Crippen molar-refractivity contribution in [2.45, 2.75) is 26.7 Å². The van der Waals surface area contributed by atoms with E-state index in [1.54, 1.807) is 24.1 Å². The zero-order chi connectivity index (χ0) is 14.5. The number of pyridine rings is 1. The lowest BCUT2D eigenvalue weighted by molar-refractivity contribution is -0.149. The average molecular weight is 276 g/mol. The highest BCUT2D eigenvalue weighted by Crippen LogP contribution is 2.19. The molecule has 2 heterocycles. The number of hydrogen-bond acceptors (Lipinski definition) is 4. The molecule has 0 spiro atoms. The molecule has 1 aliphatic heterocycles. The number of ether oxygens (including phenoxy) is 1. The first-order valence-corrected chi connectivity index (χ1v) is 7.00. The van der Waals surface area contributed by atoms with Crippen molar-refractivity contribution in [3.05, 3.63) is 29.6 Å². The quantitative estimate of drug-likeness (QED) is 0.790. The van der Waals surface area contributed by atoms with Crippen molar-refractivity contribution in [3.8, 4) is 0 Å². The predicted octanol–water partition coefficient (Wildman–Crippen LogP) is 1.81. The first-order chi connectivity index (χ1) is 9.61. The second-order valence-corrected chi connectivity index (χ2v) is 5.03. The van der Waals surface area contributed by atoms with Gasteiger partial charge in [0.05, 0.1) is 18.1 Å². The summed E-state index contributed by atoms with van der Waals surface area (Å²) < 4.78 is 5.04. The van der Waals surface area contributed by atoms with E-state index in [0.717, 1.165) is 18.5 Å². The first kappa shape index (κ1) is 14.5. The largest absolute Gasteiger partial charge is 0.466 e. The van der Waals surface area contributed by atoms with Gasteiger partial charge in [0.1, 0.15) is 0 Å². The van der Waals surface area contributed by atoms with Gasteiger partial charge in [-0.3, -0.25) is 14.6 Å². The zero-order valence-electron chi connectivity index (χ0n) is 12.0. The lowest BCUT2D eigenvalue weighted by atomic mass is 9.97. The number of hydrogen-bond donors (Lipinski definition) is 0. The third-order valence-corrected chi connectivity index (χ3v) is 3.49. The fourth-order valence-electron chi connectivity index (χ4n) is 2.39. The van der Waals surface area contributed by atoms with Crippen LogP contribution in [0.4, 0.5) is 0 Å². The third-order valence-electron chi connectivity index (χ3n) is 3.49. The van der Waals surface area contributed by atoms with Gasteiger partial charge in [0, 0.05) is 25.0 Å². The highest BCUT2D eigenvalue weighted by molar-refractivity contribution is 5.94. The van der Waals surface area contributed by atoms with Crippen molar-refractivity contribution in [1.29, 1.82) is 0 Å². The number of amides is 1. The Balaban J connectivity index is 2.03. The number of carbonyl (C=O) groups is 2. The molecule has 1 fully saturated rings. The summed E-state index contributed by atoms with van der Waals surface area (Å²) >= 11 is 0. The Labute approximate surface area is 118 Å². The van der Waals surface area contributed by atoms with E-state index in [1.807, 2.05) is 13.0 Å². The van der Waals surface area contributed by atoms with Gasteiger partial charge in [0.15, 0.2) is 0 Å². The number of piperidine rings is 1. The van der Waals surface area contributed by atoms with Gasteiger partial charge in [-0.2, -0.15) is 0 Å². The molecule has 0 radical (unpaired) electrons. The molecule has 1 amide bonds. The molecule has 0 N–H and O–H groups in total. The number of esters is 1. The molecule has 1 aromatic rings. The minimum Gasteiger partial charge on any atom is -0.466 e. The van der Waals surface area contributed by atoms with Crippen molar-refractivity contribution >= 4 is 11.9 Å². The molecule has 0 unspecified atom stereocenters. The second-order valence-electron chi connectivity index (χ2n) is 5.03. The lowest BCUT2D eigenvalue weighted by Crippen LogP contribution is -2.42. The van der Waals surface area contributed by atoms with Crippen LogP contribution in [-0.4, -0.2) is 41.5 Å². The van der Waals surface area contributed by atoms with Crippen LogP contribution in [0.5, 0.6) is 0 Å². The fraction of sp³-hybridized carbons (Fsp3) is 0.533. The summed E-state index contributed by atoms with van der Waals surface area (Å²) in [5.74, 6) is -0.468. The van der Waals surface area contributed by atoms with E-state index in [-0.39, 0.29) is 17.8 Å². The maximum Gasteiger partial charge on any atom is 0.310 e. The zero-order valence-corrected chi connectivity index (χ0v) is 12.0. The van der Waals surface area contributed by atoms with Gasteiger partial charge in [-0.15, -0.1) is 0 Å². The summed E-state index contributed by atoms with van der Waals surface area (Å²) in [4.78, 5) is 30.0. The van der Waals surface area contributed by atoms with Gasteiger partial charge in [-0.1, -0.05) is 0 Å². The van der Waals surface area contributed by atoms with E-state index in [9.17, 15) is 9.59 Å². The van der Waals surface area contributed by atoms with E-state index in [2.05, 4.69) is 4.98 Å². The van der Waals surface area contributed by atoms with E-state index in [4.69, 9.17) is 4.74 Å². The summed E-state index contributed by atoms with van der Waals surface area (Å²) in [6.45, 7) is 5.17. The minimum absolute atomic E-state index is 0.0634. The Kier molecular flexibility index (Phi) is 4.71. The van der Waals surface area contributed by atoms with Gasteiger partial charge in [0.25, 0.3) is 5.91 Å². The molecule has 1 saturated heterocycles. The van der Waals surface area contributed by atoms with Crippen LogP contribution in [-0.2, 0) is 9.53 Å². The molecule has 5 nitrogen and oxygen atoms in total. The van der Waals surface area contributed by atoms with Crippen LogP contribution in [0.1, 0.15) is 35.8 Å². The molecule has 1 atom stereocenters. The summed E-state index contributed by atoms with van der Waals surface area (Å²) in [7, 11) is 0. The van der Waals surface area contributed by atoms with Crippen molar-refractivity contribution in [2.75, 3.05) is 19.7 Å². The van der Waals surface area contributed by atoms with E-state index in [1.165, 1.54) is 0 Å². The summed E-state index contributed by atoms with van der Waals surface area (Å²) in [6.07, 6.45) is 3.20. The van der Waals surface area contributed by atoms with Gasteiger partial charge in [0.2, 0.25) is 0 Å². The number of likely N-dealkylation sites (tertiary alicyclic amines) is 1. The Morgan fingerprint density at radius 2 is 2.25 bits per heavy atom. The number of aromatic nitrogens is 1. The van der Waals surface area contributed by atoms with Gasteiger partial charge in [-0.25, -0.2) is 0 Å². The maximum absolute atomic E-state index is 12.4. The normalized spacial score (nSPS) is 18.7. The van der Waals surface area contributed by atoms with Crippen LogP contribution in [0, 0.1) is 12.8 Å². The topological polar surface area (TPSA) is 59.5 Å². The van der Waals surface area contributed by atoms with E-state index >= 15 is 0 Å². The molecule has 0 bridgehead atoms. The van der Waals surface area contributed by atoms with Crippen LogP contribution >= 0.6 is 0 Å². The van der Waals surface area contributed by atoms with Crippen LogP contribution in [0.25, 0.3) is 0 Å².